The topological polar surface area (TPSA) is 20.2 Å². The Hall–Kier alpha value is -0.300. The summed E-state index contributed by atoms with van der Waals surface area (Å²) in [4.78, 5) is 0. The third kappa shape index (κ3) is 2.20. The molecule has 0 radical (unpaired) electrons. The van der Waals surface area contributed by atoms with Gasteiger partial charge in [0.05, 0.1) is 5.60 Å². The zero-order valence-electron chi connectivity index (χ0n) is 11.2. The predicted octanol–water partition coefficient (Wildman–Crippen LogP) is 3.78. The molecule has 0 aliphatic heterocycles. The summed E-state index contributed by atoms with van der Waals surface area (Å²) in [5, 5.41) is 10.2. The van der Waals surface area contributed by atoms with Crippen LogP contribution in [0.1, 0.15) is 53.4 Å². The smallest absolute Gasteiger partial charge is 0.0654 e. The van der Waals surface area contributed by atoms with E-state index in [9.17, 15) is 5.11 Å². The lowest BCUT2D eigenvalue weighted by Crippen LogP contribution is -2.29. The predicted molar refractivity (Wildman–Crippen MR) is 68.2 cm³/mol. The lowest BCUT2D eigenvalue weighted by molar-refractivity contribution is 0.0321. The first-order valence-corrected chi connectivity index (χ1v) is 6.83. The maximum absolute atomic E-state index is 10.2. The van der Waals surface area contributed by atoms with Gasteiger partial charge in [0.15, 0.2) is 0 Å². The van der Waals surface area contributed by atoms with E-state index in [4.69, 9.17) is 0 Å². The second-order valence-electron chi connectivity index (χ2n) is 6.57. The number of aliphatic hydroxyl groups is 1. The Kier molecular flexibility index (Phi) is 3.18. The fraction of sp³-hybridized carbons (Fsp3) is 0.867. The normalized spacial score (nSPS) is 40.2. The van der Waals surface area contributed by atoms with Crippen LogP contribution in [0.15, 0.2) is 11.6 Å². The average molecular weight is 222 g/mol. The summed E-state index contributed by atoms with van der Waals surface area (Å²) in [6.45, 7) is 8.66. The fourth-order valence-electron chi connectivity index (χ4n) is 3.55. The molecule has 0 bridgehead atoms. The van der Waals surface area contributed by atoms with Crippen LogP contribution in [0.2, 0.25) is 0 Å². The molecule has 0 aromatic heterocycles. The van der Waals surface area contributed by atoms with Crippen LogP contribution in [-0.2, 0) is 0 Å². The van der Waals surface area contributed by atoms with Crippen molar-refractivity contribution < 1.29 is 5.11 Å². The molecule has 0 heterocycles. The van der Waals surface area contributed by atoms with Gasteiger partial charge in [-0.1, -0.05) is 25.5 Å². The molecule has 0 amide bonds. The van der Waals surface area contributed by atoms with E-state index < -0.39 is 5.60 Å². The van der Waals surface area contributed by atoms with Crippen molar-refractivity contribution in [3.63, 3.8) is 0 Å². The van der Waals surface area contributed by atoms with Crippen molar-refractivity contribution >= 4 is 0 Å². The minimum atomic E-state index is -0.552. The van der Waals surface area contributed by atoms with Gasteiger partial charge >= 0.3 is 0 Å². The van der Waals surface area contributed by atoms with E-state index in [-0.39, 0.29) is 0 Å². The monoisotopic (exact) mass is 222 g/mol. The highest BCUT2D eigenvalue weighted by Gasteiger charge is 2.36. The van der Waals surface area contributed by atoms with Crippen LogP contribution in [0, 0.1) is 23.7 Å². The second kappa shape index (κ2) is 4.18. The summed E-state index contributed by atoms with van der Waals surface area (Å²) < 4.78 is 0. The van der Waals surface area contributed by atoms with E-state index in [1.807, 2.05) is 13.8 Å². The zero-order valence-corrected chi connectivity index (χ0v) is 11.2. The number of allylic oxidation sites excluding steroid dienone is 1. The lowest BCUT2D eigenvalue weighted by Gasteiger charge is -2.27. The molecule has 1 nitrogen and oxygen atoms in total. The Labute approximate surface area is 99.9 Å². The summed E-state index contributed by atoms with van der Waals surface area (Å²) >= 11 is 0. The van der Waals surface area contributed by atoms with Crippen molar-refractivity contribution in [2.24, 2.45) is 23.7 Å². The highest BCUT2D eigenvalue weighted by atomic mass is 16.3. The molecule has 0 aromatic carbocycles. The van der Waals surface area contributed by atoms with E-state index in [1.54, 1.807) is 5.57 Å². The Bertz CT molecular complexity index is 284. The maximum atomic E-state index is 10.2. The summed E-state index contributed by atoms with van der Waals surface area (Å²) in [7, 11) is 0. The van der Waals surface area contributed by atoms with Crippen LogP contribution < -0.4 is 0 Å². The van der Waals surface area contributed by atoms with Gasteiger partial charge in [-0.3, -0.25) is 0 Å². The van der Waals surface area contributed by atoms with Crippen molar-refractivity contribution in [2.45, 2.75) is 59.0 Å². The van der Waals surface area contributed by atoms with E-state index in [0.29, 0.717) is 5.92 Å². The number of fused-ring (bicyclic) bond motifs is 1. The molecular weight excluding hydrogens is 196 g/mol. The molecule has 0 aromatic rings. The Morgan fingerprint density at radius 3 is 2.44 bits per heavy atom. The quantitative estimate of drug-likeness (QED) is 0.669. The molecule has 1 saturated carbocycles. The minimum absolute atomic E-state index is 0.357. The minimum Gasteiger partial charge on any atom is -0.390 e. The molecule has 2 aliphatic carbocycles. The Balaban J connectivity index is 2.28. The fourth-order valence-corrected chi connectivity index (χ4v) is 3.55. The first-order chi connectivity index (χ1) is 7.39. The van der Waals surface area contributed by atoms with Crippen LogP contribution in [0.4, 0.5) is 0 Å². The van der Waals surface area contributed by atoms with Crippen LogP contribution in [0.3, 0.4) is 0 Å². The van der Waals surface area contributed by atoms with Crippen molar-refractivity contribution in [1.82, 2.24) is 0 Å². The summed E-state index contributed by atoms with van der Waals surface area (Å²) in [5.74, 6) is 2.72. The molecule has 0 spiro atoms. The van der Waals surface area contributed by atoms with Crippen LogP contribution in [0.5, 0.6) is 0 Å². The van der Waals surface area contributed by atoms with Crippen LogP contribution in [-0.4, -0.2) is 10.7 Å². The number of rotatable bonds is 1. The molecule has 0 saturated heterocycles. The van der Waals surface area contributed by atoms with Gasteiger partial charge in [0.25, 0.3) is 0 Å². The summed E-state index contributed by atoms with van der Waals surface area (Å²) in [6.07, 6.45) is 7.56. The standard InChI is InChI=1S/C15H26O/c1-10-5-7-12(15(3,4)16)9-14-11(2)6-8-13(10)14/h9-13,16H,5-8H2,1-4H3. The molecule has 4 atom stereocenters. The van der Waals surface area contributed by atoms with E-state index in [2.05, 4.69) is 19.9 Å². The van der Waals surface area contributed by atoms with E-state index in [0.717, 1.165) is 24.2 Å². The third-order valence-corrected chi connectivity index (χ3v) is 4.83. The van der Waals surface area contributed by atoms with Crippen molar-refractivity contribution in [3.05, 3.63) is 11.6 Å². The van der Waals surface area contributed by atoms with Crippen LogP contribution >= 0.6 is 0 Å². The SMILES string of the molecule is CC1CCC2C1=CC(C(C)(C)O)CCC2C. The first-order valence-electron chi connectivity index (χ1n) is 6.83. The van der Waals surface area contributed by atoms with Gasteiger partial charge in [-0.2, -0.15) is 0 Å². The van der Waals surface area contributed by atoms with Gasteiger partial charge in [0.1, 0.15) is 0 Å². The van der Waals surface area contributed by atoms with Gasteiger partial charge < -0.3 is 5.11 Å². The van der Waals surface area contributed by atoms with Gasteiger partial charge in [-0.25, -0.2) is 0 Å². The molecule has 16 heavy (non-hydrogen) atoms. The van der Waals surface area contributed by atoms with Gasteiger partial charge in [-0.15, -0.1) is 0 Å². The molecule has 1 fully saturated rings. The summed E-state index contributed by atoms with van der Waals surface area (Å²) in [6, 6.07) is 0. The third-order valence-electron chi connectivity index (χ3n) is 4.83. The molecular formula is C15H26O. The van der Waals surface area contributed by atoms with E-state index in [1.165, 1.54) is 19.3 Å². The highest BCUT2D eigenvalue weighted by Crippen LogP contribution is 2.46. The Morgan fingerprint density at radius 2 is 1.81 bits per heavy atom. The molecule has 1 N–H and O–H groups in total. The highest BCUT2D eigenvalue weighted by molar-refractivity contribution is 5.20. The zero-order chi connectivity index (χ0) is 11.9. The largest absolute Gasteiger partial charge is 0.390 e. The maximum Gasteiger partial charge on any atom is 0.0654 e. The lowest BCUT2D eigenvalue weighted by atomic mass is 9.85. The second-order valence-corrected chi connectivity index (χ2v) is 6.57. The van der Waals surface area contributed by atoms with Gasteiger partial charge in [0, 0.05) is 5.92 Å². The molecule has 1 heteroatoms. The average Bonchev–Trinajstić information content (AvgIpc) is 2.42. The molecule has 4 unspecified atom stereocenters. The first kappa shape index (κ1) is 12.2. The number of hydrogen-bond acceptors (Lipinski definition) is 1. The van der Waals surface area contributed by atoms with Gasteiger partial charge in [-0.05, 0) is 57.3 Å². The number of hydrogen-bond donors (Lipinski definition) is 1. The van der Waals surface area contributed by atoms with Gasteiger partial charge in [0.2, 0.25) is 0 Å². The molecule has 2 aliphatic rings. The Morgan fingerprint density at radius 1 is 1.12 bits per heavy atom. The molecule has 2 rings (SSSR count). The van der Waals surface area contributed by atoms with Crippen molar-refractivity contribution in [3.8, 4) is 0 Å². The molecule has 92 valence electrons. The van der Waals surface area contributed by atoms with Crippen molar-refractivity contribution in [2.75, 3.05) is 0 Å². The van der Waals surface area contributed by atoms with Crippen molar-refractivity contribution in [1.29, 1.82) is 0 Å². The van der Waals surface area contributed by atoms with E-state index >= 15 is 0 Å². The van der Waals surface area contributed by atoms with Crippen LogP contribution in [0.25, 0.3) is 0 Å². The summed E-state index contributed by atoms with van der Waals surface area (Å²) in [5.41, 5.74) is 1.10.